The summed E-state index contributed by atoms with van der Waals surface area (Å²) >= 11 is 0. The summed E-state index contributed by atoms with van der Waals surface area (Å²) in [6, 6.07) is 16.3. The van der Waals surface area contributed by atoms with Gasteiger partial charge in [-0.25, -0.2) is 9.67 Å². The van der Waals surface area contributed by atoms with E-state index in [1.54, 1.807) is 17.1 Å². The smallest absolute Gasteiger partial charge is 0.224 e. The molecule has 0 bridgehead atoms. The molecule has 1 saturated carbocycles. The summed E-state index contributed by atoms with van der Waals surface area (Å²) < 4.78 is 9.73. The van der Waals surface area contributed by atoms with Crippen LogP contribution >= 0.6 is 0 Å². The van der Waals surface area contributed by atoms with Crippen molar-refractivity contribution in [2.45, 2.75) is 43.9 Å². The van der Waals surface area contributed by atoms with Gasteiger partial charge in [0.25, 0.3) is 0 Å². The van der Waals surface area contributed by atoms with E-state index in [9.17, 15) is 5.26 Å². The SMILES string of the molecule is Cn1nc(C2CCCCC2)c2c1OC(N)=C(C#N)C2c1ccc(-n2ccnc2-c2ccccn2)cc1. The van der Waals surface area contributed by atoms with Crippen LogP contribution in [0, 0.1) is 11.3 Å². The van der Waals surface area contributed by atoms with Crippen LogP contribution in [0.4, 0.5) is 0 Å². The van der Waals surface area contributed by atoms with Crippen molar-refractivity contribution in [3.63, 3.8) is 0 Å². The van der Waals surface area contributed by atoms with Gasteiger partial charge in [-0.3, -0.25) is 9.55 Å². The van der Waals surface area contributed by atoms with Crippen molar-refractivity contribution < 1.29 is 4.74 Å². The zero-order valence-electron chi connectivity index (χ0n) is 20.1. The molecule has 1 unspecified atom stereocenters. The quantitative estimate of drug-likeness (QED) is 0.446. The van der Waals surface area contributed by atoms with E-state index in [4.69, 9.17) is 15.6 Å². The fraction of sp³-hybridized carbons (Fsp3) is 0.286. The minimum absolute atomic E-state index is 0.143. The van der Waals surface area contributed by atoms with Gasteiger partial charge >= 0.3 is 0 Å². The minimum Gasteiger partial charge on any atom is -0.422 e. The number of allylic oxidation sites excluding steroid dienone is 1. The molecule has 1 fully saturated rings. The van der Waals surface area contributed by atoms with Crippen LogP contribution in [0.15, 0.2) is 72.5 Å². The van der Waals surface area contributed by atoms with E-state index < -0.39 is 0 Å². The molecule has 180 valence electrons. The summed E-state index contributed by atoms with van der Waals surface area (Å²) in [5, 5.41) is 15.0. The van der Waals surface area contributed by atoms with Crippen molar-refractivity contribution in [3.8, 4) is 29.2 Å². The number of aromatic nitrogens is 5. The van der Waals surface area contributed by atoms with Crippen LogP contribution in [0.3, 0.4) is 0 Å². The average Bonchev–Trinajstić information content (AvgIpc) is 3.54. The third-order valence-electron chi connectivity index (χ3n) is 7.26. The zero-order valence-corrected chi connectivity index (χ0v) is 20.1. The second kappa shape index (κ2) is 9.00. The summed E-state index contributed by atoms with van der Waals surface area (Å²) in [5.41, 5.74) is 11.4. The molecule has 0 radical (unpaired) electrons. The molecule has 8 heteroatoms. The van der Waals surface area contributed by atoms with Crippen LogP contribution in [0.25, 0.3) is 17.2 Å². The summed E-state index contributed by atoms with van der Waals surface area (Å²) in [6.07, 6.45) is 11.3. The second-order valence-electron chi connectivity index (χ2n) is 9.41. The number of pyridine rings is 1. The summed E-state index contributed by atoms with van der Waals surface area (Å²) in [4.78, 5) is 8.96. The molecular weight excluding hydrogens is 450 g/mol. The number of nitrogens with two attached hydrogens (primary N) is 1. The highest BCUT2D eigenvalue weighted by Gasteiger charge is 2.38. The molecular formula is C28H27N7O. The lowest BCUT2D eigenvalue weighted by molar-refractivity contribution is 0.358. The van der Waals surface area contributed by atoms with Gasteiger partial charge in [0.2, 0.25) is 11.8 Å². The van der Waals surface area contributed by atoms with Gasteiger partial charge < -0.3 is 10.5 Å². The highest BCUT2D eigenvalue weighted by Crippen LogP contribution is 2.47. The number of hydrogen-bond donors (Lipinski definition) is 1. The fourth-order valence-electron chi connectivity index (χ4n) is 5.54. The molecule has 4 aromatic rings. The Morgan fingerprint density at radius 3 is 2.56 bits per heavy atom. The summed E-state index contributed by atoms with van der Waals surface area (Å²) in [7, 11) is 1.88. The van der Waals surface area contributed by atoms with Crippen LogP contribution in [0.1, 0.15) is 60.8 Å². The molecule has 6 rings (SSSR count). The lowest BCUT2D eigenvalue weighted by atomic mass is 9.78. The first-order chi connectivity index (χ1) is 17.7. The Hall–Kier alpha value is -4.38. The number of benzene rings is 1. The van der Waals surface area contributed by atoms with E-state index in [2.05, 4.69) is 28.2 Å². The van der Waals surface area contributed by atoms with Crippen molar-refractivity contribution in [3.05, 3.63) is 89.3 Å². The van der Waals surface area contributed by atoms with Crippen molar-refractivity contribution in [2.24, 2.45) is 12.8 Å². The van der Waals surface area contributed by atoms with Crippen molar-refractivity contribution in [1.82, 2.24) is 24.3 Å². The van der Waals surface area contributed by atoms with Crippen LogP contribution in [-0.2, 0) is 7.05 Å². The Morgan fingerprint density at radius 1 is 1.03 bits per heavy atom. The third-order valence-corrected chi connectivity index (χ3v) is 7.26. The maximum absolute atomic E-state index is 10.1. The largest absolute Gasteiger partial charge is 0.422 e. The van der Waals surface area contributed by atoms with E-state index in [-0.39, 0.29) is 11.8 Å². The molecule has 0 saturated heterocycles. The maximum atomic E-state index is 10.1. The third kappa shape index (κ3) is 3.64. The van der Waals surface area contributed by atoms with Gasteiger partial charge in [-0.2, -0.15) is 10.4 Å². The van der Waals surface area contributed by atoms with E-state index in [0.29, 0.717) is 17.4 Å². The van der Waals surface area contributed by atoms with Crippen LogP contribution in [0.5, 0.6) is 5.88 Å². The summed E-state index contributed by atoms with van der Waals surface area (Å²) in [6.45, 7) is 0. The van der Waals surface area contributed by atoms with E-state index >= 15 is 0 Å². The number of nitriles is 1. The van der Waals surface area contributed by atoms with Gasteiger partial charge in [0.1, 0.15) is 17.3 Å². The van der Waals surface area contributed by atoms with Gasteiger partial charge in [0, 0.05) is 37.2 Å². The maximum Gasteiger partial charge on any atom is 0.224 e. The van der Waals surface area contributed by atoms with Gasteiger partial charge in [-0.05, 0) is 42.7 Å². The molecule has 3 aromatic heterocycles. The molecule has 1 atom stereocenters. The number of imidazole rings is 1. The standard InChI is InChI=1S/C28H27N7O/c1-34-28-24(25(33-34)19-7-3-2-4-8-19)23(21(17-29)26(30)36-28)18-10-12-20(13-11-18)35-16-15-32-27(35)22-9-5-6-14-31-22/h5-6,9-16,19,23H,2-4,7-8,30H2,1H3. The Balaban J connectivity index is 1.43. The van der Waals surface area contributed by atoms with Crippen molar-refractivity contribution in [1.29, 1.82) is 5.26 Å². The number of hydrogen-bond acceptors (Lipinski definition) is 6. The normalized spacial score (nSPS) is 17.9. The number of ether oxygens (including phenoxy) is 1. The molecule has 2 aliphatic rings. The van der Waals surface area contributed by atoms with E-state index in [1.807, 2.05) is 48.1 Å². The Kier molecular flexibility index (Phi) is 5.53. The van der Waals surface area contributed by atoms with Gasteiger partial charge in [0.05, 0.1) is 17.2 Å². The molecule has 8 nitrogen and oxygen atoms in total. The molecule has 0 spiro atoms. The number of aryl methyl sites for hydroxylation is 1. The Labute approximate surface area is 209 Å². The molecule has 1 aromatic carbocycles. The molecule has 0 amide bonds. The zero-order chi connectivity index (χ0) is 24.6. The minimum atomic E-state index is -0.323. The van der Waals surface area contributed by atoms with Gasteiger partial charge in [-0.15, -0.1) is 0 Å². The molecule has 4 heterocycles. The molecule has 36 heavy (non-hydrogen) atoms. The number of fused-ring (bicyclic) bond motifs is 1. The van der Waals surface area contributed by atoms with Crippen LogP contribution in [0.2, 0.25) is 0 Å². The van der Waals surface area contributed by atoms with Gasteiger partial charge in [0.15, 0.2) is 5.82 Å². The van der Waals surface area contributed by atoms with E-state index in [1.165, 1.54) is 19.3 Å². The number of rotatable bonds is 4. The highest BCUT2D eigenvalue weighted by molar-refractivity contribution is 5.58. The van der Waals surface area contributed by atoms with Crippen molar-refractivity contribution >= 4 is 0 Å². The van der Waals surface area contributed by atoms with Crippen LogP contribution < -0.4 is 10.5 Å². The predicted molar refractivity (Wildman–Crippen MR) is 135 cm³/mol. The first kappa shape index (κ1) is 22.1. The first-order valence-corrected chi connectivity index (χ1v) is 12.3. The fourth-order valence-corrected chi connectivity index (χ4v) is 5.54. The molecule has 1 aliphatic carbocycles. The van der Waals surface area contributed by atoms with Crippen molar-refractivity contribution in [2.75, 3.05) is 0 Å². The predicted octanol–water partition coefficient (Wildman–Crippen LogP) is 4.93. The highest BCUT2D eigenvalue weighted by atomic mass is 16.5. The topological polar surface area (TPSA) is 108 Å². The molecule has 2 N–H and O–H groups in total. The molecule has 1 aliphatic heterocycles. The summed E-state index contributed by atoms with van der Waals surface area (Å²) in [5.74, 6) is 1.59. The average molecular weight is 478 g/mol. The lowest BCUT2D eigenvalue weighted by Gasteiger charge is -2.27. The van der Waals surface area contributed by atoms with E-state index in [0.717, 1.165) is 46.9 Å². The Morgan fingerprint density at radius 2 is 1.83 bits per heavy atom. The monoisotopic (exact) mass is 477 g/mol. The lowest BCUT2D eigenvalue weighted by Crippen LogP contribution is -2.22. The number of nitrogens with zero attached hydrogens (tertiary/aromatic N) is 6. The first-order valence-electron chi connectivity index (χ1n) is 12.3. The Bertz CT molecular complexity index is 1470. The van der Waals surface area contributed by atoms with Crippen LogP contribution in [-0.4, -0.2) is 24.3 Å². The van der Waals surface area contributed by atoms with Gasteiger partial charge in [-0.1, -0.05) is 37.5 Å². The second-order valence-corrected chi connectivity index (χ2v) is 9.41.